The van der Waals surface area contributed by atoms with Gasteiger partial charge in [0.05, 0.1) is 0 Å². The maximum atomic E-state index is 5.66. The fourth-order valence-corrected chi connectivity index (χ4v) is 3.47. The summed E-state index contributed by atoms with van der Waals surface area (Å²) in [5.41, 5.74) is 2.01. The number of unbranched alkanes of at least 4 members (excludes halogenated alkanes) is 1. The molecule has 0 radical (unpaired) electrons. The Morgan fingerprint density at radius 1 is 0.867 bits per heavy atom. The Balaban J connectivity index is 4.44. The van der Waals surface area contributed by atoms with Crippen LogP contribution in [0, 0.1) is 0 Å². The van der Waals surface area contributed by atoms with Gasteiger partial charge in [0.25, 0.3) is 0 Å². The van der Waals surface area contributed by atoms with E-state index in [0.717, 1.165) is 12.8 Å². The van der Waals surface area contributed by atoms with Gasteiger partial charge in [0.15, 0.2) is 0 Å². The SMILES string of the molecule is CCCC=C[Si](OCC)(OCC)OCC. The van der Waals surface area contributed by atoms with Crippen molar-refractivity contribution in [1.82, 2.24) is 0 Å². The normalized spacial score (nSPS) is 12.5. The monoisotopic (exact) mass is 232 g/mol. The molecular weight excluding hydrogens is 208 g/mol. The van der Waals surface area contributed by atoms with Crippen molar-refractivity contribution in [3.8, 4) is 0 Å². The average molecular weight is 232 g/mol. The van der Waals surface area contributed by atoms with Crippen molar-refractivity contribution in [3.63, 3.8) is 0 Å². The molecule has 0 unspecified atom stereocenters. The van der Waals surface area contributed by atoms with Crippen molar-refractivity contribution in [2.45, 2.75) is 40.5 Å². The van der Waals surface area contributed by atoms with E-state index in [9.17, 15) is 0 Å². The molecule has 0 bridgehead atoms. The van der Waals surface area contributed by atoms with Gasteiger partial charge in [0.1, 0.15) is 0 Å². The molecule has 0 aromatic rings. The van der Waals surface area contributed by atoms with Crippen LogP contribution in [0.25, 0.3) is 0 Å². The van der Waals surface area contributed by atoms with Crippen molar-refractivity contribution < 1.29 is 13.3 Å². The maximum Gasteiger partial charge on any atom is 0.529 e. The molecule has 0 aromatic heterocycles. The summed E-state index contributed by atoms with van der Waals surface area (Å²) in [6.07, 6.45) is 4.28. The molecule has 0 spiro atoms. The van der Waals surface area contributed by atoms with Crippen LogP contribution in [-0.2, 0) is 13.3 Å². The minimum atomic E-state index is -2.51. The lowest BCUT2D eigenvalue weighted by molar-refractivity contribution is 0.0842. The van der Waals surface area contributed by atoms with Gasteiger partial charge in [0.2, 0.25) is 0 Å². The van der Waals surface area contributed by atoms with Gasteiger partial charge in [-0.05, 0) is 32.9 Å². The van der Waals surface area contributed by atoms with Crippen LogP contribution in [0.1, 0.15) is 40.5 Å². The summed E-state index contributed by atoms with van der Waals surface area (Å²) in [4.78, 5) is 0. The second kappa shape index (κ2) is 9.09. The molecule has 0 saturated heterocycles. The third kappa shape index (κ3) is 6.09. The molecule has 4 heteroatoms. The first-order valence-corrected chi connectivity index (χ1v) is 7.64. The molecule has 0 aromatic carbocycles. The van der Waals surface area contributed by atoms with Crippen LogP contribution in [0.3, 0.4) is 0 Å². The van der Waals surface area contributed by atoms with E-state index in [2.05, 4.69) is 13.0 Å². The van der Waals surface area contributed by atoms with E-state index in [-0.39, 0.29) is 0 Å². The Morgan fingerprint density at radius 2 is 1.33 bits per heavy atom. The van der Waals surface area contributed by atoms with E-state index in [1.165, 1.54) is 0 Å². The van der Waals surface area contributed by atoms with Crippen molar-refractivity contribution in [2.24, 2.45) is 0 Å². The van der Waals surface area contributed by atoms with Crippen molar-refractivity contribution in [1.29, 1.82) is 0 Å². The molecule has 15 heavy (non-hydrogen) atoms. The second-order valence-corrected chi connectivity index (χ2v) is 5.50. The van der Waals surface area contributed by atoms with Gasteiger partial charge >= 0.3 is 8.80 Å². The van der Waals surface area contributed by atoms with Crippen LogP contribution in [0.2, 0.25) is 0 Å². The minimum absolute atomic E-state index is 0.628. The van der Waals surface area contributed by atoms with Crippen LogP contribution in [0.15, 0.2) is 11.8 Å². The number of rotatable bonds is 9. The molecule has 0 aliphatic rings. The van der Waals surface area contributed by atoms with Gasteiger partial charge in [-0.1, -0.05) is 19.4 Å². The summed E-state index contributed by atoms with van der Waals surface area (Å²) in [5, 5.41) is 0. The zero-order valence-corrected chi connectivity index (χ0v) is 11.4. The van der Waals surface area contributed by atoms with E-state index < -0.39 is 8.80 Å². The fourth-order valence-electron chi connectivity index (χ4n) is 1.27. The summed E-state index contributed by atoms with van der Waals surface area (Å²) >= 11 is 0. The molecule has 90 valence electrons. The van der Waals surface area contributed by atoms with Gasteiger partial charge in [-0.25, -0.2) is 0 Å². The van der Waals surface area contributed by atoms with Crippen molar-refractivity contribution >= 4 is 8.80 Å². The first-order valence-electron chi connectivity index (χ1n) is 5.84. The van der Waals surface area contributed by atoms with E-state index >= 15 is 0 Å². The molecule has 0 aliphatic carbocycles. The Morgan fingerprint density at radius 3 is 1.67 bits per heavy atom. The summed E-state index contributed by atoms with van der Waals surface area (Å²) in [7, 11) is -2.51. The minimum Gasteiger partial charge on any atom is -0.371 e. The van der Waals surface area contributed by atoms with Gasteiger partial charge < -0.3 is 13.3 Å². The number of hydrogen-bond acceptors (Lipinski definition) is 3. The van der Waals surface area contributed by atoms with E-state index in [4.69, 9.17) is 13.3 Å². The standard InChI is InChI=1S/C11H24O3Si/c1-5-9-10-11-15(12-6-2,13-7-3)14-8-4/h10-11H,5-9H2,1-4H3. The van der Waals surface area contributed by atoms with E-state index in [0.29, 0.717) is 19.8 Å². The molecular formula is C11H24O3Si. The predicted octanol–water partition coefficient (Wildman–Crippen LogP) is 2.93. The number of allylic oxidation sites excluding steroid dienone is 1. The largest absolute Gasteiger partial charge is 0.529 e. The van der Waals surface area contributed by atoms with Crippen LogP contribution in [0.5, 0.6) is 0 Å². The molecule has 0 atom stereocenters. The van der Waals surface area contributed by atoms with Gasteiger partial charge in [-0.2, -0.15) is 0 Å². The quantitative estimate of drug-likeness (QED) is 0.572. The first kappa shape index (κ1) is 14.8. The van der Waals surface area contributed by atoms with Crippen molar-refractivity contribution in [2.75, 3.05) is 19.8 Å². The highest BCUT2D eigenvalue weighted by atomic mass is 28.4. The lowest BCUT2D eigenvalue weighted by Crippen LogP contribution is -2.44. The highest BCUT2D eigenvalue weighted by Gasteiger charge is 2.37. The Kier molecular flexibility index (Phi) is 8.99. The van der Waals surface area contributed by atoms with Gasteiger partial charge in [-0.15, -0.1) is 0 Å². The molecule has 0 aliphatic heterocycles. The Hall–Kier alpha value is -0.163. The lowest BCUT2D eigenvalue weighted by atomic mass is 10.3. The smallest absolute Gasteiger partial charge is 0.371 e. The molecule has 0 rings (SSSR count). The highest BCUT2D eigenvalue weighted by molar-refractivity contribution is 6.66. The van der Waals surface area contributed by atoms with Crippen molar-refractivity contribution in [3.05, 3.63) is 11.8 Å². The van der Waals surface area contributed by atoms with Crippen LogP contribution in [0.4, 0.5) is 0 Å². The summed E-state index contributed by atoms with van der Waals surface area (Å²) in [6, 6.07) is 0. The molecule has 0 N–H and O–H groups in total. The molecule has 0 heterocycles. The molecule has 3 nitrogen and oxygen atoms in total. The predicted molar refractivity (Wildman–Crippen MR) is 64.7 cm³/mol. The lowest BCUT2D eigenvalue weighted by Gasteiger charge is -2.25. The van der Waals surface area contributed by atoms with E-state index in [1.807, 2.05) is 26.5 Å². The Bertz CT molecular complexity index is 154. The van der Waals surface area contributed by atoms with Crippen LogP contribution >= 0.6 is 0 Å². The number of hydrogen-bond donors (Lipinski definition) is 0. The molecule has 0 amide bonds. The second-order valence-electron chi connectivity index (χ2n) is 3.09. The maximum absolute atomic E-state index is 5.66. The Labute approximate surface area is 94.8 Å². The topological polar surface area (TPSA) is 27.7 Å². The van der Waals surface area contributed by atoms with E-state index in [1.54, 1.807) is 0 Å². The zero-order valence-electron chi connectivity index (χ0n) is 10.4. The summed E-state index contributed by atoms with van der Waals surface area (Å²) in [6.45, 7) is 9.93. The third-order valence-corrected chi connectivity index (χ3v) is 4.53. The highest BCUT2D eigenvalue weighted by Crippen LogP contribution is 2.12. The first-order chi connectivity index (χ1) is 7.24. The fraction of sp³-hybridized carbons (Fsp3) is 0.818. The van der Waals surface area contributed by atoms with Gasteiger partial charge in [0, 0.05) is 19.8 Å². The third-order valence-electron chi connectivity index (χ3n) is 1.81. The summed E-state index contributed by atoms with van der Waals surface area (Å²) in [5.74, 6) is 0. The molecule has 0 fully saturated rings. The zero-order chi connectivity index (χ0) is 11.6. The van der Waals surface area contributed by atoms with Crippen LogP contribution < -0.4 is 0 Å². The van der Waals surface area contributed by atoms with Gasteiger partial charge in [-0.3, -0.25) is 0 Å². The average Bonchev–Trinajstić information content (AvgIpc) is 2.19. The van der Waals surface area contributed by atoms with Crippen LogP contribution in [-0.4, -0.2) is 28.6 Å². The molecule has 0 saturated carbocycles. The summed E-state index contributed by atoms with van der Waals surface area (Å²) < 4.78 is 17.0.